The Hall–Kier alpha value is -0.460. The second-order valence-electron chi connectivity index (χ2n) is 3.15. The third kappa shape index (κ3) is 3.10. The summed E-state index contributed by atoms with van der Waals surface area (Å²) in [6, 6.07) is 6.32. The molecule has 0 aliphatic carbocycles. The van der Waals surface area contributed by atoms with E-state index >= 15 is 0 Å². The minimum atomic E-state index is -0.425. The van der Waals surface area contributed by atoms with Gasteiger partial charge in [0.2, 0.25) is 0 Å². The van der Waals surface area contributed by atoms with Crippen LogP contribution in [0.5, 0.6) is 0 Å². The van der Waals surface area contributed by atoms with Crippen molar-refractivity contribution in [2.75, 3.05) is 0 Å². The first kappa shape index (κ1) is 14.0. The Kier molecular flexibility index (Phi) is 4.40. The Bertz CT molecular complexity index is 615. The van der Waals surface area contributed by atoms with Crippen LogP contribution in [-0.4, -0.2) is 4.92 Å². The van der Waals surface area contributed by atoms with Crippen LogP contribution in [0.4, 0.5) is 5.00 Å². The molecule has 0 bridgehead atoms. The van der Waals surface area contributed by atoms with E-state index in [2.05, 4.69) is 0 Å². The van der Waals surface area contributed by atoms with Crippen molar-refractivity contribution in [2.24, 2.45) is 0 Å². The standard InChI is InChI=1S/C10H4Cl3NO2S2/c11-5-3-7(13)8(4-6(5)12)17-10-2-1-9(18-10)14(15)16/h1-4H. The number of nitrogens with zero attached hydrogens (tertiary/aromatic N) is 1. The van der Waals surface area contributed by atoms with Gasteiger partial charge in [-0.2, -0.15) is 0 Å². The van der Waals surface area contributed by atoms with Crippen molar-refractivity contribution in [3.63, 3.8) is 0 Å². The molecule has 1 aromatic heterocycles. The van der Waals surface area contributed by atoms with Gasteiger partial charge in [0.1, 0.15) is 0 Å². The van der Waals surface area contributed by atoms with E-state index in [0.717, 1.165) is 15.5 Å². The molecule has 8 heteroatoms. The Morgan fingerprint density at radius 3 is 2.39 bits per heavy atom. The lowest BCUT2D eigenvalue weighted by molar-refractivity contribution is -0.380. The zero-order chi connectivity index (χ0) is 13.3. The summed E-state index contributed by atoms with van der Waals surface area (Å²) in [5, 5.41) is 11.9. The zero-order valence-corrected chi connectivity index (χ0v) is 12.4. The summed E-state index contributed by atoms with van der Waals surface area (Å²) < 4.78 is 0.766. The van der Waals surface area contributed by atoms with E-state index in [1.165, 1.54) is 17.8 Å². The molecule has 0 aliphatic heterocycles. The monoisotopic (exact) mass is 339 g/mol. The Labute approximate surface area is 126 Å². The number of rotatable bonds is 3. The lowest BCUT2D eigenvalue weighted by atomic mass is 10.4. The van der Waals surface area contributed by atoms with Crippen molar-refractivity contribution >= 4 is 62.9 Å². The predicted octanol–water partition coefficient (Wildman–Crippen LogP) is 5.77. The Morgan fingerprint density at radius 2 is 1.78 bits per heavy atom. The molecule has 2 aromatic rings. The lowest BCUT2D eigenvalue weighted by Gasteiger charge is -2.04. The summed E-state index contributed by atoms with van der Waals surface area (Å²) >= 11 is 20.1. The smallest absolute Gasteiger partial charge is 0.258 e. The SMILES string of the molecule is O=[N+]([O-])c1ccc(Sc2cc(Cl)c(Cl)cc2Cl)s1. The largest absolute Gasteiger partial charge is 0.325 e. The molecule has 3 nitrogen and oxygen atoms in total. The summed E-state index contributed by atoms with van der Waals surface area (Å²) in [6.07, 6.45) is 0. The van der Waals surface area contributed by atoms with Crippen molar-refractivity contribution in [3.8, 4) is 0 Å². The van der Waals surface area contributed by atoms with Gasteiger partial charge in [-0.05, 0) is 18.2 Å². The van der Waals surface area contributed by atoms with Crippen LogP contribution < -0.4 is 0 Å². The number of thiophene rings is 1. The van der Waals surface area contributed by atoms with Gasteiger partial charge in [-0.15, -0.1) is 0 Å². The van der Waals surface area contributed by atoms with Crippen LogP contribution in [0.1, 0.15) is 0 Å². The highest BCUT2D eigenvalue weighted by molar-refractivity contribution is 8.01. The fourth-order valence-corrected chi connectivity index (χ4v) is 3.81. The minimum Gasteiger partial charge on any atom is -0.258 e. The van der Waals surface area contributed by atoms with E-state index in [-0.39, 0.29) is 5.00 Å². The molecular formula is C10H4Cl3NO2S2. The average Bonchev–Trinajstić information content (AvgIpc) is 2.74. The van der Waals surface area contributed by atoms with Crippen molar-refractivity contribution in [2.45, 2.75) is 9.10 Å². The topological polar surface area (TPSA) is 43.1 Å². The van der Waals surface area contributed by atoms with Gasteiger partial charge >= 0.3 is 5.00 Å². The maximum absolute atomic E-state index is 10.6. The van der Waals surface area contributed by atoms with Gasteiger partial charge in [-0.3, -0.25) is 10.1 Å². The van der Waals surface area contributed by atoms with Gasteiger partial charge < -0.3 is 0 Å². The molecule has 0 unspecified atom stereocenters. The van der Waals surface area contributed by atoms with E-state index in [9.17, 15) is 10.1 Å². The number of halogens is 3. The van der Waals surface area contributed by atoms with Crippen LogP contribution in [-0.2, 0) is 0 Å². The highest BCUT2D eigenvalue weighted by atomic mass is 35.5. The van der Waals surface area contributed by atoms with Crippen LogP contribution in [0.25, 0.3) is 0 Å². The van der Waals surface area contributed by atoms with Crippen LogP contribution in [0.15, 0.2) is 33.4 Å². The normalized spacial score (nSPS) is 10.6. The van der Waals surface area contributed by atoms with Crippen LogP contribution in [0, 0.1) is 10.1 Å². The quantitative estimate of drug-likeness (QED) is 0.405. The number of benzene rings is 1. The van der Waals surface area contributed by atoms with Gasteiger partial charge in [0.15, 0.2) is 0 Å². The van der Waals surface area contributed by atoms with Crippen LogP contribution in [0.2, 0.25) is 15.1 Å². The molecule has 0 atom stereocenters. The molecule has 94 valence electrons. The van der Waals surface area contributed by atoms with E-state index in [4.69, 9.17) is 34.8 Å². The molecule has 0 saturated heterocycles. The number of hydrogen-bond donors (Lipinski definition) is 0. The lowest BCUT2D eigenvalue weighted by Crippen LogP contribution is -1.80. The van der Waals surface area contributed by atoms with Crippen LogP contribution in [0.3, 0.4) is 0 Å². The van der Waals surface area contributed by atoms with Gasteiger partial charge in [0.05, 0.1) is 24.2 Å². The Balaban J connectivity index is 2.28. The second kappa shape index (κ2) is 5.67. The summed E-state index contributed by atoms with van der Waals surface area (Å²) in [7, 11) is 0. The fourth-order valence-electron chi connectivity index (χ4n) is 1.15. The van der Waals surface area contributed by atoms with E-state index < -0.39 is 4.92 Å². The molecule has 1 aromatic carbocycles. The zero-order valence-electron chi connectivity index (χ0n) is 8.52. The molecule has 0 N–H and O–H groups in total. The number of nitro groups is 1. The maximum atomic E-state index is 10.6. The van der Waals surface area contributed by atoms with Crippen molar-refractivity contribution in [1.29, 1.82) is 0 Å². The Morgan fingerprint density at radius 1 is 1.11 bits per heavy atom. The molecule has 0 spiro atoms. The molecule has 0 radical (unpaired) electrons. The number of hydrogen-bond acceptors (Lipinski definition) is 4. The van der Waals surface area contributed by atoms with Gasteiger partial charge in [0, 0.05) is 11.0 Å². The summed E-state index contributed by atoms with van der Waals surface area (Å²) in [5.41, 5.74) is 0. The van der Waals surface area contributed by atoms with E-state index in [0.29, 0.717) is 20.0 Å². The highest BCUT2D eigenvalue weighted by Crippen LogP contribution is 2.41. The summed E-state index contributed by atoms with van der Waals surface area (Å²) in [5.74, 6) is 0. The first-order valence-electron chi connectivity index (χ1n) is 4.54. The molecule has 18 heavy (non-hydrogen) atoms. The second-order valence-corrected chi connectivity index (χ2v) is 6.77. The van der Waals surface area contributed by atoms with Gasteiger partial charge in [0.25, 0.3) is 0 Å². The van der Waals surface area contributed by atoms with Gasteiger partial charge in [-0.25, -0.2) is 0 Å². The van der Waals surface area contributed by atoms with Crippen molar-refractivity contribution in [1.82, 2.24) is 0 Å². The molecule has 1 heterocycles. The third-order valence-electron chi connectivity index (χ3n) is 1.93. The molecule has 0 fully saturated rings. The average molecular weight is 341 g/mol. The molecule has 0 amide bonds. The fraction of sp³-hybridized carbons (Fsp3) is 0. The first-order chi connectivity index (χ1) is 8.47. The molecule has 0 aliphatic rings. The third-order valence-corrected chi connectivity index (χ3v) is 5.31. The molecular weight excluding hydrogens is 337 g/mol. The molecule has 2 rings (SSSR count). The highest BCUT2D eigenvalue weighted by Gasteiger charge is 2.13. The minimum absolute atomic E-state index is 0.0914. The summed E-state index contributed by atoms with van der Waals surface area (Å²) in [4.78, 5) is 10.9. The first-order valence-corrected chi connectivity index (χ1v) is 7.30. The van der Waals surface area contributed by atoms with Crippen molar-refractivity contribution in [3.05, 3.63) is 49.4 Å². The molecule has 0 saturated carbocycles. The predicted molar refractivity (Wildman–Crippen MR) is 76.6 cm³/mol. The van der Waals surface area contributed by atoms with Crippen molar-refractivity contribution < 1.29 is 4.92 Å². The van der Waals surface area contributed by atoms with Crippen LogP contribution >= 0.6 is 57.9 Å². The maximum Gasteiger partial charge on any atom is 0.325 e. The van der Waals surface area contributed by atoms with E-state index in [1.807, 2.05) is 0 Å². The van der Waals surface area contributed by atoms with E-state index in [1.54, 1.807) is 18.2 Å². The van der Waals surface area contributed by atoms with Gasteiger partial charge in [-0.1, -0.05) is 57.9 Å². The summed E-state index contributed by atoms with van der Waals surface area (Å²) in [6.45, 7) is 0.